The summed E-state index contributed by atoms with van der Waals surface area (Å²) in [6.07, 6.45) is 1.66. The lowest BCUT2D eigenvalue weighted by Gasteiger charge is -2.28. The van der Waals surface area contributed by atoms with Crippen LogP contribution < -0.4 is 10.2 Å². The Balaban J connectivity index is 1.87. The minimum atomic E-state index is -0.299. The van der Waals surface area contributed by atoms with Crippen molar-refractivity contribution in [3.05, 3.63) is 30.3 Å². The van der Waals surface area contributed by atoms with E-state index in [4.69, 9.17) is 0 Å². The van der Waals surface area contributed by atoms with Gasteiger partial charge in [-0.15, -0.1) is 0 Å². The van der Waals surface area contributed by atoms with Crippen LogP contribution in [0.1, 0.15) is 26.7 Å². The number of para-hydroxylation sites is 1. The average molecular weight is 303 g/mol. The molecule has 1 aliphatic rings. The van der Waals surface area contributed by atoms with Gasteiger partial charge in [-0.3, -0.25) is 9.59 Å². The SMILES string of the molecule is CC(=O)N1CCC[C@@H]1C(=O)NC[C@@H](C)N(C)c1ccccc1. The fraction of sp³-hybridized carbons (Fsp3) is 0.529. The molecule has 1 fully saturated rings. The topological polar surface area (TPSA) is 52.7 Å². The molecular weight excluding hydrogens is 278 g/mol. The number of nitrogens with zero attached hydrogens (tertiary/aromatic N) is 2. The van der Waals surface area contributed by atoms with E-state index < -0.39 is 0 Å². The molecule has 0 bridgehead atoms. The maximum atomic E-state index is 12.3. The Morgan fingerprint density at radius 1 is 1.36 bits per heavy atom. The van der Waals surface area contributed by atoms with E-state index in [0.29, 0.717) is 13.1 Å². The molecule has 2 atom stereocenters. The molecule has 22 heavy (non-hydrogen) atoms. The molecule has 1 aromatic rings. The lowest BCUT2D eigenvalue weighted by atomic mass is 10.2. The maximum absolute atomic E-state index is 12.3. The van der Waals surface area contributed by atoms with Crippen molar-refractivity contribution in [1.82, 2.24) is 10.2 Å². The first kappa shape index (κ1) is 16.3. The van der Waals surface area contributed by atoms with Gasteiger partial charge in [-0.25, -0.2) is 0 Å². The van der Waals surface area contributed by atoms with Gasteiger partial charge >= 0.3 is 0 Å². The van der Waals surface area contributed by atoms with E-state index in [1.807, 2.05) is 37.4 Å². The molecule has 0 spiro atoms. The van der Waals surface area contributed by atoms with Gasteiger partial charge in [-0.05, 0) is 31.9 Å². The number of amides is 2. The number of likely N-dealkylation sites (tertiary alicyclic amines) is 1. The van der Waals surface area contributed by atoms with Crippen LogP contribution in [0.2, 0.25) is 0 Å². The monoisotopic (exact) mass is 303 g/mol. The van der Waals surface area contributed by atoms with Gasteiger partial charge in [0.1, 0.15) is 6.04 Å². The molecule has 120 valence electrons. The molecule has 1 heterocycles. The van der Waals surface area contributed by atoms with Gasteiger partial charge in [-0.2, -0.15) is 0 Å². The summed E-state index contributed by atoms with van der Waals surface area (Å²) >= 11 is 0. The first-order valence-corrected chi connectivity index (χ1v) is 7.83. The average Bonchev–Trinajstić information content (AvgIpc) is 3.02. The summed E-state index contributed by atoms with van der Waals surface area (Å²) in [6, 6.07) is 9.96. The quantitative estimate of drug-likeness (QED) is 0.899. The Kier molecular flexibility index (Phi) is 5.41. The summed E-state index contributed by atoms with van der Waals surface area (Å²) in [5.74, 6) is -0.0619. The van der Waals surface area contributed by atoms with Gasteiger partial charge in [0, 0.05) is 38.8 Å². The first-order chi connectivity index (χ1) is 10.5. The van der Waals surface area contributed by atoms with Gasteiger partial charge in [0.05, 0.1) is 0 Å². The minimum Gasteiger partial charge on any atom is -0.370 e. The zero-order valence-corrected chi connectivity index (χ0v) is 13.6. The van der Waals surface area contributed by atoms with Crippen LogP contribution >= 0.6 is 0 Å². The Bertz CT molecular complexity index is 518. The number of carbonyl (C=O) groups is 2. The summed E-state index contributed by atoms with van der Waals surface area (Å²) in [4.78, 5) is 27.6. The van der Waals surface area contributed by atoms with Gasteiger partial charge in [0.2, 0.25) is 11.8 Å². The number of rotatable bonds is 5. The Hall–Kier alpha value is -2.04. The molecule has 1 aromatic carbocycles. The van der Waals surface area contributed by atoms with Gasteiger partial charge in [0.15, 0.2) is 0 Å². The van der Waals surface area contributed by atoms with Gasteiger partial charge in [0.25, 0.3) is 0 Å². The van der Waals surface area contributed by atoms with E-state index in [2.05, 4.69) is 17.1 Å². The van der Waals surface area contributed by atoms with E-state index in [9.17, 15) is 9.59 Å². The second-order valence-electron chi connectivity index (χ2n) is 5.91. The molecule has 2 amide bonds. The van der Waals surface area contributed by atoms with Crippen LogP contribution in [0.3, 0.4) is 0 Å². The predicted molar refractivity (Wildman–Crippen MR) is 87.7 cm³/mol. The molecule has 0 aliphatic carbocycles. The molecule has 1 aliphatic heterocycles. The van der Waals surface area contributed by atoms with Crippen LogP contribution in [0.5, 0.6) is 0 Å². The van der Waals surface area contributed by atoms with E-state index >= 15 is 0 Å². The lowest BCUT2D eigenvalue weighted by Crippen LogP contribution is -2.48. The highest BCUT2D eigenvalue weighted by Crippen LogP contribution is 2.18. The molecule has 1 N–H and O–H groups in total. The number of hydrogen-bond donors (Lipinski definition) is 1. The Morgan fingerprint density at radius 2 is 2.05 bits per heavy atom. The van der Waals surface area contributed by atoms with E-state index in [1.165, 1.54) is 6.92 Å². The van der Waals surface area contributed by atoms with Crippen LogP contribution in [0.4, 0.5) is 5.69 Å². The van der Waals surface area contributed by atoms with E-state index in [-0.39, 0.29) is 23.9 Å². The van der Waals surface area contributed by atoms with Crippen LogP contribution in [0.15, 0.2) is 30.3 Å². The number of carbonyl (C=O) groups excluding carboxylic acids is 2. The molecule has 5 heteroatoms. The zero-order chi connectivity index (χ0) is 16.1. The molecule has 1 saturated heterocycles. The number of hydrogen-bond acceptors (Lipinski definition) is 3. The van der Waals surface area contributed by atoms with Crippen molar-refractivity contribution in [2.75, 3.05) is 25.0 Å². The van der Waals surface area contributed by atoms with Crippen molar-refractivity contribution in [1.29, 1.82) is 0 Å². The van der Waals surface area contributed by atoms with Crippen molar-refractivity contribution in [2.24, 2.45) is 0 Å². The second-order valence-corrected chi connectivity index (χ2v) is 5.91. The summed E-state index contributed by atoms with van der Waals surface area (Å²) in [7, 11) is 2.02. The van der Waals surface area contributed by atoms with Crippen LogP contribution in [0, 0.1) is 0 Å². The normalized spacial score (nSPS) is 18.9. The molecule has 0 aromatic heterocycles. The Morgan fingerprint density at radius 3 is 2.68 bits per heavy atom. The largest absolute Gasteiger partial charge is 0.370 e. The fourth-order valence-corrected chi connectivity index (χ4v) is 2.84. The summed E-state index contributed by atoms with van der Waals surface area (Å²) in [6.45, 7) is 4.85. The summed E-state index contributed by atoms with van der Waals surface area (Å²) in [5, 5.41) is 2.99. The van der Waals surface area contributed by atoms with Crippen molar-refractivity contribution in [2.45, 2.75) is 38.8 Å². The smallest absolute Gasteiger partial charge is 0.242 e. The van der Waals surface area contributed by atoms with Crippen molar-refractivity contribution in [3.63, 3.8) is 0 Å². The first-order valence-electron chi connectivity index (χ1n) is 7.83. The number of benzene rings is 1. The van der Waals surface area contributed by atoms with Crippen molar-refractivity contribution < 1.29 is 9.59 Å². The second kappa shape index (κ2) is 7.29. The molecule has 0 unspecified atom stereocenters. The van der Waals surface area contributed by atoms with Crippen molar-refractivity contribution in [3.8, 4) is 0 Å². The highest BCUT2D eigenvalue weighted by molar-refractivity contribution is 5.87. The fourth-order valence-electron chi connectivity index (χ4n) is 2.84. The standard InChI is InChI=1S/C17H25N3O2/c1-13(19(3)15-8-5-4-6-9-15)12-18-17(22)16-10-7-11-20(16)14(2)21/h4-6,8-9,13,16H,7,10-12H2,1-3H3,(H,18,22)/t13-,16-/m1/s1. The van der Waals surface area contributed by atoms with E-state index in [0.717, 1.165) is 18.5 Å². The molecule has 0 saturated carbocycles. The number of nitrogens with one attached hydrogen (secondary N) is 1. The summed E-state index contributed by atoms with van der Waals surface area (Å²) in [5.41, 5.74) is 1.12. The highest BCUT2D eigenvalue weighted by Gasteiger charge is 2.32. The third kappa shape index (κ3) is 3.78. The summed E-state index contributed by atoms with van der Waals surface area (Å²) < 4.78 is 0. The number of likely N-dealkylation sites (N-methyl/N-ethyl adjacent to an activating group) is 1. The van der Waals surface area contributed by atoms with Crippen LogP contribution in [-0.4, -0.2) is 48.9 Å². The number of anilines is 1. The Labute approximate surface area is 132 Å². The third-order valence-corrected chi connectivity index (χ3v) is 4.36. The van der Waals surface area contributed by atoms with Gasteiger partial charge in [-0.1, -0.05) is 18.2 Å². The predicted octanol–water partition coefficient (Wildman–Crippen LogP) is 1.64. The van der Waals surface area contributed by atoms with Crippen LogP contribution in [-0.2, 0) is 9.59 Å². The third-order valence-electron chi connectivity index (χ3n) is 4.36. The van der Waals surface area contributed by atoms with Crippen molar-refractivity contribution >= 4 is 17.5 Å². The van der Waals surface area contributed by atoms with E-state index in [1.54, 1.807) is 4.90 Å². The zero-order valence-electron chi connectivity index (χ0n) is 13.6. The molecule has 5 nitrogen and oxygen atoms in total. The highest BCUT2D eigenvalue weighted by atomic mass is 16.2. The molecule has 2 rings (SSSR count). The van der Waals surface area contributed by atoms with Gasteiger partial charge < -0.3 is 15.1 Å². The maximum Gasteiger partial charge on any atom is 0.242 e. The molecular formula is C17H25N3O2. The van der Waals surface area contributed by atoms with Crippen LogP contribution in [0.25, 0.3) is 0 Å². The lowest BCUT2D eigenvalue weighted by molar-refractivity contribution is -0.136. The minimum absolute atomic E-state index is 0.0212. The molecule has 0 radical (unpaired) electrons.